The third kappa shape index (κ3) is 3.60. The highest BCUT2D eigenvalue weighted by Crippen LogP contribution is 2.28. The third-order valence-corrected chi connectivity index (χ3v) is 6.73. The highest BCUT2D eigenvalue weighted by atomic mass is 16.1. The van der Waals surface area contributed by atoms with Gasteiger partial charge in [-0.2, -0.15) is 0 Å². The molecule has 2 aromatic carbocycles. The van der Waals surface area contributed by atoms with Gasteiger partial charge < -0.3 is 4.40 Å². The molecule has 0 spiro atoms. The largest absolute Gasteiger partial charge is 0.330 e. The number of hydrogen-bond donors (Lipinski definition) is 0. The Balaban J connectivity index is 1.39. The van der Waals surface area contributed by atoms with E-state index < -0.39 is 0 Å². The zero-order valence-electron chi connectivity index (χ0n) is 20.5. The van der Waals surface area contributed by atoms with Crippen LogP contribution in [0.1, 0.15) is 30.9 Å². The molecule has 0 atom stereocenters. The Kier molecular flexibility index (Phi) is 5.25. The van der Waals surface area contributed by atoms with Gasteiger partial charge in [-0.05, 0) is 34.7 Å². The summed E-state index contributed by atoms with van der Waals surface area (Å²) in [6.07, 6.45) is 7.48. The minimum absolute atomic E-state index is 0.111. The van der Waals surface area contributed by atoms with Crippen molar-refractivity contribution in [1.82, 2.24) is 28.5 Å². The summed E-state index contributed by atoms with van der Waals surface area (Å²) >= 11 is 0. The van der Waals surface area contributed by atoms with E-state index in [2.05, 4.69) is 60.2 Å². The monoisotopic (exact) mass is 474 g/mol. The summed E-state index contributed by atoms with van der Waals surface area (Å²) in [6, 6.07) is 20.5. The lowest BCUT2D eigenvalue weighted by atomic mass is 9.97. The SMILES string of the molecule is CC(C)c1ccccc1-c1ncc2c(n1)n(Cc1ccc(-c3cccn4ccnc34)cc1)c(=O)n2C. The summed E-state index contributed by atoms with van der Waals surface area (Å²) in [5.41, 5.74) is 7.51. The Morgan fingerprint density at radius 1 is 0.861 bits per heavy atom. The van der Waals surface area contributed by atoms with Crippen LogP contribution in [0.15, 0.2) is 90.2 Å². The Bertz CT molecular complexity index is 1770. The molecule has 4 heterocycles. The topological polar surface area (TPSA) is 70.0 Å². The van der Waals surface area contributed by atoms with Crippen molar-refractivity contribution in [3.05, 3.63) is 107 Å². The highest BCUT2D eigenvalue weighted by Gasteiger charge is 2.17. The van der Waals surface area contributed by atoms with Gasteiger partial charge in [0.25, 0.3) is 0 Å². The van der Waals surface area contributed by atoms with E-state index in [9.17, 15) is 4.79 Å². The second-order valence-corrected chi connectivity index (χ2v) is 9.35. The van der Waals surface area contributed by atoms with E-state index in [4.69, 9.17) is 4.98 Å². The van der Waals surface area contributed by atoms with E-state index >= 15 is 0 Å². The van der Waals surface area contributed by atoms with Crippen molar-refractivity contribution < 1.29 is 0 Å². The number of aryl methyl sites for hydroxylation is 1. The van der Waals surface area contributed by atoms with Crippen molar-refractivity contribution in [2.75, 3.05) is 0 Å². The van der Waals surface area contributed by atoms with Crippen LogP contribution in [-0.4, -0.2) is 28.5 Å². The van der Waals surface area contributed by atoms with Gasteiger partial charge in [-0.15, -0.1) is 0 Å². The molecule has 0 radical (unpaired) electrons. The van der Waals surface area contributed by atoms with Gasteiger partial charge in [-0.25, -0.2) is 19.7 Å². The first-order valence-electron chi connectivity index (χ1n) is 12.0. The molecule has 0 N–H and O–H groups in total. The van der Waals surface area contributed by atoms with Crippen molar-refractivity contribution in [1.29, 1.82) is 0 Å². The molecule has 6 aromatic rings. The van der Waals surface area contributed by atoms with Gasteiger partial charge >= 0.3 is 5.69 Å². The summed E-state index contributed by atoms with van der Waals surface area (Å²) in [5, 5.41) is 0. The lowest BCUT2D eigenvalue weighted by molar-refractivity contribution is 0.731. The number of rotatable bonds is 5. The lowest BCUT2D eigenvalue weighted by Crippen LogP contribution is -2.22. The number of pyridine rings is 1. The summed E-state index contributed by atoms with van der Waals surface area (Å²) in [6.45, 7) is 4.74. The average molecular weight is 475 g/mol. The average Bonchev–Trinajstić information content (AvgIpc) is 3.48. The van der Waals surface area contributed by atoms with E-state index in [0.717, 1.165) is 27.9 Å². The van der Waals surface area contributed by atoms with Crippen molar-refractivity contribution in [3.63, 3.8) is 0 Å². The lowest BCUT2D eigenvalue weighted by Gasteiger charge is -2.11. The number of benzene rings is 2. The minimum atomic E-state index is -0.111. The fourth-order valence-corrected chi connectivity index (χ4v) is 4.80. The normalized spacial score (nSPS) is 11.7. The molecule has 6 rings (SSSR count). The van der Waals surface area contributed by atoms with Crippen LogP contribution in [0.25, 0.3) is 39.3 Å². The molecule has 0 aliphatic heterocycles. The summed E-state index contributed by atoms with van der Waals surface area (Å²) in [7, 11) is 1.76. The summed E-state index contributed by atoms with van der Waals surface area (Å²) in [4.78, 5) is 27.1. The maximum Gasteiger partial charge on any atom is 0.330 e. The van der Waals surface area contributed by atoms with Crippen LogP contribution in [0.5, 0.6) is 0 Å². The van der Waals surface area contributed by atoms with E-state index in [-0.39, 0.29) is 5.69 Å². The predicted molar refractivity (Wildman–Crippen MR) is 142 cm³/mol. The van der Waals surface area contributed by atoms with Crippen LogP contribution in [0.4, 0.5) is 0 Å². The Morgan fingerprint density at radius 3 is 2.44 bits per heavy atom. The maximum atomic E-state index is 13.2. The third-order valence-electron chi connectivity index (χ3n) is 6.73. The van der Waals surface area contributed by atoms with Crippen molar-refractivity contribution >= 4 is 16.8 Å². The van der Waals surface area contributed by atoms with Gasteiger partial charge in [-0.3, -0.25) is 9.13 Å². The van der Waals surface area contributed by atoms with Gasteiger partial charge in [0.1, 0.15) is 11.2 Å². The predicted octanol–water partition coefficient (Wildman–Crippen LogP) is 5.28. The first-order chi connectivity index (χ1) is 17.5. The van der Waals surface area contributed by atoms with Crippen LogP contribution < -0.4 is 5.69 Å². The van der Waals surface area contributed by atoms with Crippen molar-refractivity contribution in [2.45, 2.75) is 26.3 Å². The van der Waals surface area contributed by atoms with E-state index in [1.807, 2.05) is 41.1 Å². The van der Waals surface area contributed by atoms with Gasteiger partial charge in [0.05, 0.1) is 12.7 Å². The zero-order valence-corrected chi connectivity index (χ0v) is 20.5. The molecule has 4 aromatic heterocycles. The molecule has 36 heavy (non-hydrogen) atoms. The molecule has 178 valence electrons. The van der Waals surface area contributed by atoms with E-state index in [1.165, 1.54) is 5.56 Å². The van der Waals surface area contributed by atoms with Crippen LogP contribution >= 0.6 is 0 Å². The zero-order chi connectivity index (χ0) is 24.8. The van der Waals surface area contributed by atoms with Crippen molar-refractivity contribution in [2.24, 2.45) is 7.05 Å². The molecule has 0 bridgehead atoms. The first kappa shape index (κ1) is 22.0. The number of fused-ring (bicyclic) bond motifs is 2. The number of imidazole rings is 2. The van der Waals surface area contributed by atoms with Gasteiger partial charge in [0.2, 0.25) is 0 Å². The molecule has 0 amide bonds. The van der Waals surface area contributed by atoms with E-state index in [1.54, 1.807) is 28.6 Å². The smallest absolute Gasteiger partial charge is 0.307 e. The van der Waals surface area contributed by atoms with Gasteiger partial charge in [0, 0.05) is 36.8 Å². The quantitative estimate of drug-likeness (QED) is 0.341. The van der Waals surface area contributed by atoms with Gasteiger partial charge in [-0.1, -0.05) is 62.4 Å². The standard InChI is InChI=1S/C29H26N6O/c1-19(2)22-7-4-5-8-24(22)26-31-17-25-28(32-26)35(29(36)33(25)3)18-20-10-12-21(13-11-20)23-9-6-15-34-16-14-30-27(23)34/h4-17,19H,18H2,1-3H3. The Labute approximate surface area is 208 Å². The van der Waals surface area contributed by atoms with Crippen LogP contribution in [0, 0.1) is 0 Å². The number of aromatic nitrogens is 6. The molecule has 0 unspecified atom stereocenters. The molecule has 0 aliphatic rings. The summed E-state index contributed by atoms with van der Waals surface area (Å²) < 4.78 is 5.34. The molecular weight excluding hydrogens is 448 g/mol. The van der Waals surface area contributed by atoms with E-state index in [0.29, 0.717) is 29.5 Å². The molecule has 0 fully saturated rings. The summed E-state index contributed by atoms with van der Waals surface area (Å²) in [5.74, 6) is 0.971. The highest BCUT2D eigenvalue weighted by molar-refractivity contribution is 5.78. The van der Waals surface area contributed by atoms with Crippen LogP contribution in [0.2, 0.25) is 0 Å². The molecule has 0 saturated carbocycles. The molecule has 7 heteroatoms. The fraction of sp³-hybridized carbons (Fsp3) is 0.172. The molecule has 7 nitrogen and oxygen atoms in total. The fourth-order valence-electron chi connectivity index (χ4n) is 4.80. The molecule has 0 aliphatic carbocycles. The number of nitrogens with zero attached hydrogens (tertiary/aromatic N) is 6. The van der Waals surface area contributed by atoms with Gasteiger partial charge in [0.15, 0.2) is 11.5 Å². The first-order valence-corrected chi connectivity index (χ1v) is 12.0. The van der Waals surface area contributed by atoms with Crippen LogP contribution in [-0.2, 0) is 13.6 Å². The second kappa shape index (κ2) is 8.61. The van der Waals surface area contributed by atoms with Crippen molar-refractivity contribution in [3.8, 4) is 22.5 Å². The maximum absolute atomic E-state index is 13.2. The molecule has 0 saturated heterocycles. The Morgan fingerprint density at radius 2 is 1.64 bits per heavy atom. The number of hydrogen-bond acceptors (Lipinski definition) is 4. The Hall–Kier alpha value is -4.52. The molecular formula is C29H26N6O. The van der Waals surface area contributed by atoms with Crippen LogP contribution in [0.3, 0.4) is 0 Å². The minimum Gasteiger partial charge on any atom is -0.307 e. The second-order valence-electron chi connectivity index (χ2n) is 9.35.